The second-order valence-corrected chi connectivity index (χ2v) is 10.6. The summed E-state index contributed by atoms with van der Waals surface area (Å²) in [4.78, 5) is 0. The van der Waals surface area contributed by atoms with Crippen molar-refractivity contribution in [2.45, 2.75) is 19.6 Å². The molecule has 0 aliphatic carbocycles. The van der Waals surface area contributed by atoms with Crippen molar-refractivity contribution in [3.05, 3.63) is 0 Å². The Labute approximate surface area is 62.1 Å². The highest BCUT2D eigenvalue weighted by molar-refractivity contribution is 6.75. The van der Waals surface area contributed by atoms with Crippen LogP contribution in [0.2, 0.25) is 19.6 Å². The van der Waals surface area contributed by atoms with E-state index in [4.69, 9.17) is 13.6 Å². The molecule has 6 heteroatoms. The third-order valence-electron chi connectivity index (χ3n) is 0.702. The minimum Gasteiger partial charge on any atom is -0.436 e. The van der Waals surface area contributed by atoms with E-state index >= 15 is 0 Å². The maximum absolute atomic E-state index is 5.52. The van der Waals surface area contributed by atoms with E-state index in [-0.39, 0.29) is 0 Å². The number of hydrogen-bond donors (Lipinski definition) is 1. The highest BCUT2D eigenvalue weighted by Gasteiger charge is 2.18. The van der Waals surface area contributed by atoms with Crippen molar-refractivity contribution in [1.29, 1.82) is 0 Å². The third-order valence-corrected chi connectivity index (χ3v) is 6.32. The average molecular weight is 181 g/mol. The van der Waals surface area contributed by atoms with Crippen molar-refractivity contribution in [2.24, 2.45) is 5.40 Å². The maximum atomic E-state index is 5.52. The Hall–Kier alpha value is 0.531. The molecular formula is C3H15NO2Si3. The highest BCUT2D eigenvalue weighted by atomic mass is 28.4. The Balaban J connectivity index is 3.47. The smallest absolute Gasteiger partial charge is 0.384 e. The van der Waals surface area contributed by atoms with E-state index in [1.165, 1.54) is 0 Å². The van der Waals surface area contributed by atoms with Gasteiger partial charge in [-0.3, -0.25) is 0 Å². The van der Waals surface area contributed by atoms with Crippen molar-refractivity contribution in [3.63, 3.8) is 0 Å². The molecule has 0 aromatic carbocycles. The summed E-state index contributed by atoms with van der Waals surface area (Å²) in [5.74, 6) is 0. The molecule has 0 bridgehead atoms. The molecule has 9 heavy (non-hydrogen) atoms. The quantitative estimate of drug-likeness (QED) is 0.557. The molecule has 3 nitrogen and oxygen atoms in total. The lowest BCUT2D eigenvalue weighted by Gasteiger charge is -2.20. The maximum Gasteiger partial charge on any atom is 0.384 e. The van der Waals surface area contributed by atoms with Gasteiger partial charge in [-0.1, -0.05) is 0 Å². The van der Waals surface area contributed by atoms with Crippen LogP contribution >= 0.6 is 0 Å². The van der Waals surface area contributed by atoms with Crippen molar-refractivity contribution in [3.8, 4) is 0 Å². The zero-order chi connectivity index (χ0) is 7.49. The Morgan fingerprint density at radius 3 is 2.00 bits per heavy atom. The lowest BCUT2D eigenvalue weighted by Crippen LogP contribution is -2.42. The first-order valence-corrected chi connectivity index (χ1v) is 8.75. The predicted molar refractivity (Wildman–Crippen MR) is 46.8 cm³/mol. The Morgan fingerprint density at radius 2 is 1.89 bits per heavy atom. The van der Waals surface area contributed by atoms with E-state index in [9.17, 15) is 0 Å². The van der Waals surface area contributed by atoms with Crippen LogP contribution < -0.4 is 5.40 Å². The van der Waals surface area contributed by atoms with Crippen LogP contribution in [0, 0.1) is 0 Å². The van der Waals surface area contributed by atoms with Crippen LogP contribution in [0.25, 0.3) is 0 Å². The molecular weight excluding hydrogens is 166 g/mol. The number of rotatable bonds is 3. The predicted octanol–water partition coefficient (Wildman–Crippen LogP) is -1.19. The van der Waals surface area contributed by atoms with Gasteiger partial charge in [0.05, 0.1) is 0 Å². The first kappa shape index (κ1) is 9.53. The monoisotopic (exact) mass is 181 g/mol. The third kappa shape index (κ3) is 6.42. The molecule has 2 N–H and O–H groups in total. The molecule has 0 spiro atoms. The molecule has 0 saturated heterocycles. The standard InChI is InChI=1S/C3H15NO2Si3/c1-9(2,3)6-8(4)5-7/h8H,4H2,1-3,7H3. The summed E-state index contributed by atoms with van der Waals surface area (Å²) in [5.41, 5.74) is 0. The molecule has 0 radical (unpaired) electrons. The van der Waals surface area contributed by atoms with Gasteiger partial charge in [-0.2, -0.15) is 0 Å². The fraction of sp³-hybridized carbons (Fsp3) is 1.00. The molecule has 56 valence electrons. The van der Waals surface area contributed by atoms with Crippen LogP contribution in [0.3, 0.4) is 0 Å². The van der Waals surface area contributed by atoms with Gasteiger partial charge in [-0.25, -0.2) is 0 Å². The first-order chi connectivity index (χ1) is 3.95. The second-order valence-electron chi connectivity index (χ2n) is 2.83. The summed E-state index contributed by atoms with van der Waals surface area (Å²) in [6, 6.07) is 0. The molecule has 0 aromatic heterocycles. The first-order valence-electron chi connectivity index (χ1n) is 2.92. The van der Waals surface area contributed by atoms with Gasteiger partial charge in [0.1, 0.15) is 10.5 Å². The number of hydrogen-bond acceptors (Lipinski definition) is 3. The van der Waals surface area contributed by atoms with Crippen molar-refractivity contribution in [2.75, 3.05) is 0 Å². The van der Waals surface area contributed by atoms with E-state index in [1.807, 2.05) is 0 Å². The SMILES string of the molecule is C[Si](C)(C)O[SiH](N)O[SiH3]. The average Bonchev–Trinajstić information content (AvgIpc) is 1.62. The van der Waals surface area contributed by atoms with Crippen LogP contribution in [-0.2, 0) is 8.23 Å². The summed E-state index contributed by atoms with van der Waals surface area (Å²) in [7, 11) is -2.39. The molecule has 0 aliphatic heterocycles. The van der Waals surface area contributed by atoms with Gasteiger partial charge in [-0.15, -0.1) is 0 Å². The largest absolute Gasteiger partial charge is 0.436 e. The summed E-state index contributed by atoms with van der Waals surface area (Å²) < 4.78 is 10.4. The van der Waals surface area contributed by atoms with Crippen molar-refractivity contribution in [1.82, 2.24) is 0 Å². The molecule has 1 atom stereocenters. The summed E-state index contributed by atoms with van der Waals surface area (Å²) in [6.45, 7) is 6.33. The van der Waals surface area contributed by atoms with Gasteiger partial charge in [-0.05, 0) is 19.6 Å². The van der Waals surface area contributed by atoms with Gasteiger partial charge in [0.15, 0.2) is 8.32 Å². The van der Waals surface area contributed by atoms with E-state index < -0.39 is 17.8 Å². The molecule has 0 amide bonds. The summed E-state index contributed by atoms with van der Waals surface area (Å²) in [6.07, 6.45) is 0. The van der Waals surface area contributed by atoms with Crippen molar-refractivity contribution >= 4 is 28.2 Å². The lowest BCUT2D eigenvalue weighted by molar-refractivity contribution is 0.444. The Kier molecular flexibility index (Phi) is 3.85. The summed E-state index contributed by atoms with van der Waals surface area (Å²) >= 11 is 0. The zero-order valence-corrected chi connectivity index (χ0v) is 10.6. The number of nitrogens with two attached hydrogens (primary N) is 1. The molecule has 0 aliphatic rings. The normalized spacial score (nSPS) is 16.0. The van der Waals surface area contributed by atoms with Crippen LogP contribution in [0.4, 0.5) is 0 Å². The lowest BCUT2D eigenvalue weighted by atomic mass is 11.8. The molecule has 0 heterocycles. The highest BCUT2D eigenvalue weighted by Crippen LogP contribution is 2.01. The minimum atomic E-state index is -1.68. The van der Waals surface area contributed by atoms with Gasteiger partial charge in [0.25, 0.3) is 0 Å². The summed E-state index contributed by atoms with van der Waals surface area (Å²) in [5, 5.41) is 5.52. The molecule has 0 saturated carbocycles. The van der Waals surface area contributed by atoms with E-state index in [1.54, 1.807) is 0 Å². The minimum absolute atomic E-state index is 0.700. The Bertz CT molecular complexity index is 83.6. The van der Waals surface area contributed by atoms with E-state index in [2.05, 4.69) is 19.6 Å². The topological polar surface area (TPSA) is 44.5 Å². The van der Waals surface area contributed by atoms with Gasteiger partial charge < -0.3 is 13.6 Å². The molecule has 0 fully saturated rings. The molecule has 0 aromatic rings. The van der Waals surface area contributed by atoms with Gasteiger partial charge >= 0.3 is 9.45 Å². The molecule has 0 rings (SSSR count). The Morgan fingerprint density at radius 1 is 1.44 bits per heavy atom. The van der Waals surface area contributed by atoms with Gasteiger partial charge in [0, 0.05) is 0 Å². The van der Waals surface area contributed by atoms with E-state index in [0.717, 1.165) is 0 Å². The fourth-order valence-corrected chi connectivity index (χ4v) is 4.44. The second kappa shape index (κ2) is 3.64. The zero-order valence-electron chi connectivity index (χ0n) is 6.47. The van der Waals surface area contributed by atoms with Gasteiger partial charge in [0.2, 0.25) is 0 Å². The van der Waals surface area contributed by atoms with Crippen LogP contribution in [-0.4, -0.2) is 28.2 Å². The van der Waals surface area contributed by atoms with Crippen LogP contribution in [0.15, 0.2) is 0 Å². The van der Waals surface area contributed by atoms with Crippen molar-refractivity contribution < 1.29 is 8.23 Å². The fourth-order valence-electron chi connectivity index (χ4n) is 0.397. The van der Waals surface area contributed by atoms with Crippen LogP contribution in [0.1, 0.15) is 0 Å². The van der Waals surface area contributed by atoms with Crippen LogP contribution in [0.5, 0.6) is 0 Å². The van der Waals surface area contributed by atoms with E-state index in [0.29, 0.717) is 10.5 Å². The molecule has 1 unspecified atom stereocenters.